The highest BCUT2D eigenvalue weighted by Crippen LogP contribution is 2.46. The lowest BCUT2D eigenvalue weighted by Gasteiger charge is -2.52. The van der Waals surface area contributed by atoms with Gasteiger partial charge in [-0.15, -0.1) is 5.10 Å². The van der Waals surface area contributed by atoms with Crippen LogP contribution in [0.3, 0.4) is 0 Å². The number of aromatic nitrogens is 4. The van der Waals surface area contributed by atoms with Crippen molar-refractivity contribution >= 4 is 11.8 Å². The van der Waals surface area contributed by atoms with E-state index in [-0.39, 0.29) is 37.2 Å². The minimum Gasteiger partial charge on any atom is -0.459 e. The lowest BCUT2D eigenvalue weighted by molar-refractivity contribution is -0.305. The van der Waals surface area contributed by atoms with Crippen molar-refractivity contribution in [2.24, 2.45) is 29.6 Å². The monoisotopic (exact) mass is 904 g/mol. The molecule has 0 bridgehead atoms. The highest BCUT2D eigenvalue weighted by atomic mass is 16.7. The summed E-state index contributed by atoms with van der Waals surface area (Å²) >= 11 is 0. The molecule has 5 rings (SSSR count). The molecule has 1 unspecified atom stereocenters. The van der Waals surface area contributed by atoms with E-state index < -0.39 is 101 Å². The molecule has 18 atom stereocenters. The standard InChI is InChI=1S/C47H77N5O12/c1-14-36-47(10,58)40(55)30(6)38(53)26(2)21-46(9,60-13)42(28(4)37(29(5)43(57)63-36)35-22-45(8,59-12)41(56)31(7)62-35)64-44-39(54)34(20-27(3)61-44)51(11)19-17-33-25-52(50-49-33)24-32-16-15-18-48-23-32/h15-16,18,23,25-31,34-37,39-42,44,54-56,58H,14,17,19-22,24H2,1-13H3/t26-,27-,28+,29-,30+,31+,34+,35?,36-,37+,39-,40-,41+,42-,44+,45-,46-,47-/m1/s1. The van der Waals surface area contributed by atoms with Crippen LogP contribution in [0, 0.1) is 29.6 Å². The Morgan fingerprint density at radius 1 is 0.953 bits per heavy atom. The molecule has 5 heterocycles. The van der Waals surface area contributed by atoms with Crippen LogP contribution in [-0.4, -0.2) is 163 Å². The SMILES string of the molecule is CC[C@H]1OC(=O)[C@H](C)[C@@H](C2C[C@@](C)(OC)[C@@H](O)[C@H](C)O2)[C@H](C)[C@@H](O[C@@H]2O[C@H](C)C[C@H](N(C)CCc3cn(Cc4cccnc4)nn3)[C@H]2O)[C@](C)(OC)C[C@@H](C)C(=O)[C@H](C)[C@@H](O)[C@]1(C)O. The Balaban J connectivity index is 1.51. The van der Waals surface area contributed by atoms with E-state index in [0.717, 1.165) is 11.3 Å². The zero-order valence-electron chi connectivity index (χ0n) is 40.3. The molecule has 0 amide bonds. The molecular weight excluding hydrogens is 827 g/mol. The Morgan fingerprint density at radius 2 is 1.64 bits per heavy atom. The molecule has 0 aromatic carbocycles. The summed E-state index contributed by atoms with van der Waals surface area (Å²) in [6.45, 7) is 18.6. The fraction of sp³-hybridized carbons (Fsp3) is 0.809. The average molecular weight is 904 g/mol. The van der Waals surface area contributed by atoms with E-state index in [4.69, 9.17) is 28.4 Å². The molecule has 3 aliphatic heterocycles. The molecule has 2 aromatic heterocycles. The molecule has 3 fully saturated rings. The second kappa shape index (κ2) is 21.3. The third kappa shape index (κ3) is 11.2. The number of pyridine rings is 1. The van der Waals surface area contributed by atoms with Crippen molar-refractivity contribution in [3.8, 4) is 0 Å². The summed E-state index contributed by atoms with van der Waals surface area (Å²) in [7, 11) is 5.01. The summed E-state index contributed by atoms with van der Waals surface area (Å²) in [4.78, 5) is 35.0. The van der Waals surface area contributed by atoms with Gasteiger partial charge in [0.05, 0.1) is 59.9 Å². The average Bonchev–Trinajstić information content (AvgIpc) is 3.72. The summed E-state index contributed by atoms with van der Waals surface area (Å²) in [5, 5.41) is 55.6. The van der Waals surface area contributed by atoms with Gasteiger partial charge in [-0.25, -0.2) is 4.68 Å². The lowest BCUT2D eigenvalue weighted by atomic mass is 9.67. The van der Waals surface area contributed by atoms with Crippen LogP contribution < -0.4 is 0 Å². The van der Waals surface area contributed by atoms with E-state index >= 15 is 0 Å². The predicted octanol–water partition coefficient (Wildman–Crippen LogP) is 3.36. The number of cyclic esters (lactones) is 1. The first kappa shape index (κ1) is 52.0. The van der Waals surface area contributed by atoms with Gasteiger partial charge in [-0.05, 0) is 78.5 Å². The molecule has 0 radical (unpaired) electrons. The number of rotatable bonds is 12. The number of Topliss-reactive ketones (excluding diaryl/α,β-unsaturated/α-hetero) is 1. The number of aliphatic hydroxyl groups excluding tert-OH is 3. The number of hydrogen-bond donors (Lipinski definition) is 4. The highest BCUT2D eigenvalue weighted by Gasteiger charge is 2.56. The highest BCUT2D eigenvalue weighted by molar-refractivity contribution is 5.83. The van der Waals surface area contributed by atoms with Gasteiger partial charge in [0.2, 0.25) is 0 Å². The van der Waals surface area contributed by atoms with Gasteiger partial charge in [-0.2, -0.15) is 0 Å². The van der Waals surface area contributed by atoms with Gasteiger partial charge < -0.3 is 53.7 Å². The summed E-state index contributed by atoms with van der Waals surface area (Å²) in [6, 6.07) is 3.47. The quantitative estimate of drug-likeness (QED) is 0.225. The Kier molecular flexibility index (Phi) is 17.3. The molecule has 17 nitrogen and oxygen atoms in total. The van der Waals surface area contributed by atoms with Crippen LogP contribution in [0.4, 0.5) is 0 Å². The topological polar surface area (TPSA) is 217 Å². The summed E-state index contributed by atoms with van der Waals surface area (Å²) in [6.07, 6.45) is -1.69. The molecule has 362 valence electrons. The summed E-state index contributed by atoms with van der Waals surface area (Å²) < 4.78 is 40.4. The van der Waals surface area contributed by atoms with Crippen LogP contribution in [0.1, 0.15) is 106 Å². The number of likely N-dealkylation sites (N-methyl/N-ethyl adjacent to an activating group) is 1. The first-order chi connectivity index (χ1) is 30.0. The van der Waals surface area contributed by atoms with Gasteiger partial charge in [0.15, 0.2) is 6.29 Å². The number of ether oxygens (including phenoxy) is 6. The van der Waals surface area contributed by atoms with Crippen molar-refractivity contribution in [1.82, 2.24) is 24.9 Å². The summed E-state index contributed by atoms with van der Waals surface area (Å²) in [5.41, 5.74) is -2.47. The van der Waals surface area contributed by atoms with Crippen LogP contribution >= 0.6 is 0 Å². The second-order valence-electron chi connectivity index (χ2n) is 19.8. The number of ketones is 1. The van der Waals surface area contributed by atoms with Crippen molar-refractivity contribution in [3.63, 3.8) is 0 Å². The number of aliphatic hydroxyl groups is 4. The molecule has 3 saturated heterocycles. The van der Waals surface area contributed by atoms with Gasteiger partial charge in [-0.1, -0.05) is 45.9 Å². The molecular formula is C47H77N5O12. The smallest absolute Gasteiger partial charge is 0.309 e. The maximum Gasteiger partial charge on any atom is 0.309 e. The van der Waals surface area contributed by atoms with Gasteiger partial charge >= 0.3 is 5.97 Å². The maximum absolute atomic E-state index is 14.5. The summed E-state index contributed by atoms with van der Waals surface area (Å²) in [5.74, 6) is -4.96. The van der Waals surface area contributed by atoms with Gasteiger partial charge in [0.25, 0.3) is 0 Å². The maximum atomic E-state index is 14.5. The van der Waals surface area contributed by atoms with E-state index in [1.54, 1.807) is 51.7 Å². The zero-order valence-corrected chi connectivity index (χ0v) is 40.3. The number of carbonyl (C=O) groups is 2. The van der Waals surface area contributed by atoms with E-state index in [9.17, 15) is 30.0 Å². The molecule has 0 saturated carbocycles. The predicted molar refractivity (Wildman–Crippen MR) is 236 cm³/mol. The largest absolute Gasteiger partial charge is 0.459 e. The third-order valence-corrected chi connectivity index (χ3v) is 14.9. The van der Waals surface area contributed by atoms with Crippen LogP contribution in [-0.2, 0) is 51.0 Å². The van der Waals surface area contributed by atoms with Crippen LogP contribution in [0.15, 0.2) is 30.7 Å². The molecule has 2 aromatic rings. The number of hydrogen-bond acceptors (Lipinski definition) is 16. The Labute approximate surface area is 379 Å². The molecule has 64 heavy (non-hydrogen) atoms. The molecule has 0 aliphatic carbocycles. The third-order valence-electron chi connectivity index (χ3n) is 14.9. The van der Waals surface area contributed by atoms with E-state index in [2.05, 4.69) is 20.2 Å². The van der Waals surface area contributed by atoms with E-state index in [1.165, 1.54) is 21.1 Å². The molecule has 0 spiro atoms. The van der Waals surface area contributed by atoms with Crippen molar-refractivity contribution in [2.75, 3.05) is 27.8 Å². The second-order valence-corrected chi connectivity index (χ2v) is 19.8. The van der Waals surface area contributed by atoms with Crippen molar-refractivity contribution in [1.29, 1.82) is 0 Å². The number of esters is 1. The van der Waals surface area contributed by atoms with Gasteiger partial charge in [0.1, 0.15) is 29.7 Å². The lowest BCUT2D eigenvalue weighted by Crippen LogP contribution is -2.62. The first-order valence-electron chi connectivity index (χ1n) is 23.1. The van der Waals surface area contributed by atoms with E-state index in [1.807, 2.05) is 53.1 Å². The normalized spacial score (nSPS) is 42.0. The number of nitrogens with zero attached hydrogens (tertiary/aromatic N) is 5. The van der Waals surface area contributed by atoms with E-state index in [0.29, 0.717) is 25.9 Å². The Morgan fingerprint density at radius 3 is 2.27 bits per heavy atom. The molecule has 4 N–H and O–H groups in total. The first-order valence-corrected chi connectivity index (χ1v) is 23.1. The van der Waals surface area contributed by atoms with Crippen LogP contribution in [0.25, 0.3) is 0 Å². The minimum absolute atomic E-state index is 0.110. The molecule has 3 aliphatic rings. The van der Waals surface area contributed by atoms with Crippen molar-refractivity contribution < 1.29 is 58.4 Å². The Hall–Kier alpha value is -2.97. The number of methoxy groups -OCH3 is 2. The minimum atomic E-state index is -1.97. The van der Waals surface area contributed by atoms with Crippen molar-refractivity contribution in [3.05, 3.63) is 42.0 Å². The Bertz CT molecular complexity index is 1820. The van der Waals surface area contributed by atoms with Gasteiger partial charge in [0, 0.05) is 76.0 Å². The van der Waals surface area contributed by atoms with Crippen LogP contribution in [0.2, 0.25) is 0 Å². The number of carbonyl (C=O) groups excluding carboxylic acids is 2. The zero-order chi connectivity index (χ0) is 47.5. The van der Waals surface area contributed by atoms with Crippen molar-refractivity contribution in [2.45, 2.75) is 186 Å². The fourth-order valence-electron chi connectivity index (χ4n) is 10.7. The molecule has 17 heteroatoms. The fourth-order valence-corrected chi connectivity index (χ4v) is 10.7. The van der Waals surface area contributed by atoms with Crippen LogP contribution in [0.5, 0.6) is 0 Å². The van der Waals surface area contributed by atoms with Gasteiger partial charge in [-0.3, -0.25) is 14.6 Å².